The molecule has 0 unspecified atom stereocenters. The minimum atomic E-state index is 0.454. The molecule has 0 saturated carbocycles. The molecule has 0 aliphatic carbocycles. The fourth-order valence-electron chi connectivity index (χ4n) is 1.77. The van der Waals surface area contributed by atoms with Gasteiger partial charge < -0.3 is 4.98 Å². The topological polar surface area (TPSA) is 32.9 Å². The van der Waals surface area contributed by atoms with Crippen LogP contribution in [0.5, 0.6) is 0 Å². The number of aromatic nitrogens is 1. The Morgan fingerprint density at radius 3 is 2.71 bits per heavy atom. The van der Waals surface area contributed by atoms with E-state index in [-0.39, 0.29) is 0 Å². The molecule has 0 bridgehead atoms. The molecule has 2 rings (SSSR count). The fourth-order valence-corrected chi connectivity index (χ4v) is 2.12. The maximum absolute atomic E-state index is 10.7. The second-order valence-corrected chi connectivity index (χ2v) is 3.85. The smallest absolute Gasteiger partial charge is 0.167 e. The van der Waals surface area contributed by atoms with Crippen molar-refractivity contribution in [1.82, 2.24) is 4.98 Å². The molecule has 0 saturated heterocycles. The van der Waals surface area contributed by atoms with Crippen LogP contribution in [0.2, 0.25) is 5.02 Å². The van der Waals surface area contributed by atoms with Gasteiger partial charge in [0.25, 0.3) is 0 Å². The van der Waals surface area contributed by atoms with Gasteiger partial charge in [-0.2, -0.15) is 0 Å². The fraction of sp³-hybridized carbons (Fsp3) is 0.182. The summed E-state index contributed by atoms with van der Waals surface area (Å²) in [6.45, 7) is 4.01. The number of aldehydes is 1. The van der Waals surface area contributed by atoms with Crippen molar-refractivity contribution in [2.75, 3.05) is 0 Å². The van der Waals surface area contributed by atoms with Gasteiger partial charge in [0.1, 0.15) is 0 Å². The van der Waals surface area contributed by atoms with Gasteiger partial charge in [-0.3, -0.25) is 4.79 Å². The minimum Gasteiger partial charge on any atom is -0.351 e. The number of rotatable bonds is 1. The van der Waals surface area contributed by atoms with Crippen LogP contribution in [0.25, 0.3) is 10.9 Å². The number of halogens is 1. The van der Waals surface area contributed by atoms with Crippen LogP contribution in [-0.4, -0.2) is 11.3 Å². The molecule has 0 fully saturated rings. The quantitative estimate of drug-likeness (QED) is 0.716. The van der Waals surface area contributed by atoms with Crippen molar-refractivity contribution < 1.29 is 4.79 Å². The summed E-state index contributed by atoms with van der Waals surface area (Å²) >= 11 is 6.05. The molecule has 0 aliphatic rings. The van der Waals surface area contributed by atoms with Gasteiger partial charge in [-0.1, -0.05) is 17.7 Å². The SMILES string of the molecule is Cc1cc(C)c2c(Cl)c(C=O)[nH]c2c1. The van der Waals surface area contributed by atoms with Crippen LogP contribution < -0.4 is 0 Å². The Labute approximate surface area is 86.9 Å². The maximum atomic E-state index is 10.7. The van der Waals surface area contributed by atoms with Gasteiger partial charge in [0.15, 0.2) is 6.29 Å². The lowest BCUT2D eigenvalue weighted by Gasteiger charge is -1.98. The molecule has 0 spiro atoms. The van der Waals surface area contributed by atoms with E-state index in [0.717, 1.165) is 28.3 Å². The molecule has 0 radical (unpaired) electrons. The molecular formula is C11H10ClNO. The molecule has 1 aromatic carbocycles. The lowest BCUT2D eigenvalue weighted by molar-refractivity contribution is 0.112. The number of hydrogen-bond donors (Lipinski definition) is 1. The first-order valence-corrected chi connectivity index (χ1v) is 4.75. The second kappa shape index (κ2) is 3.14. The van der Waals surface area contributed by atoms with E-state index in [0.29, 0.717) is 10.7 Å². The number of carbonyl (C=O) groups is 1. The van der Waals surface area contributed by atoms with Crippen molar-refractivity contribution in [2.45, 2.75) is 13.8 Å². The second-order valence-electron chi connectivity index (χ2n) is 3.47. The normalized spacial score (nSPS) is 10.8. The zero-order chi connectivity index (χ0) is 10.3. The monoisotopic (exact) mass is 207 g/mol. The number of carbonyl (C=O) groups excluding carboxylic acids is 1. The number of benzene rings is 1. The van der Waals surface area contributed by atoms with Gasteiger partial charge in [-0.05, 0) is 31.0 Å². The van der Waals surface area contributed by atoms with Gasteiger partial charge in [0.05, 0.1) is 10.7 Å². The summed E-state index contributed by atoms with van der Waals surface area (Å²) in [6, 6.07) is 4.04. The van der Waals surface area contributed by atoms with Crippen LogP contribution in [0.1, 0.15) is 21.6 Å². The Morgan fingerprint density at radius 2 is 2.07 bits per heavy atom. The highest BCUT2D eigenvalue weighted by Gasteiger charge is 2.10. The van der Waals surface area contributed by atoms with E-state index in [1.54, 1.807) is 0 Å². The van der Waals surface area contributed by atoms with Crippen molar-refractivity contribution in [3.8, 4) is 0 Å². The van der Waals surface area contributed by atoms with Crippen LogP contribution in [0.15, 0.2) is 12.1 Å². The number of fused-ring (bicyclic) bond motifs is 1. The Hall–Kier alpha value is -1.28. The van der Waals surface area contributed by atoms with Crippen molar-refractivity contribution in [1.29, 1.82) is 0 Å². The first-order valence-electron chi connectivity index (χ1n) is 4.37. The minimum absolute atomic E-state index is 0.454. The van der Waals surface area contributed by atoms with Gasteiger partial charge >= 0.3 is 0 Å². The number of aromatic amines is 1. The van der Waals surface area contributed by atoms with Crippen LogP contribution in [-0.2, 0) is 0 Å². The molecule has 72 valence electrons. The summed E-state index contributed by atoms with van der Waals surface area (Å²) in [5, 5.41) is 1.46. The van der Waals surface area contributed by atoms with Crippen molar-refractivity contribution in [3.05, 3.63) is 34.0 Å². The summed E-state index contributed by atoms with van der Waals surface area (Å²) in [7, 11) is 0. The van der Waals surface area contributed by atoms with Crippen LogP contribution in [0.4, 0.5) is 0 Å². The van der Waals surface area contributed by atoms with Crippen LogP contribution in [0.3, 0.4) is 0 Å². The Kier molecular flexibility index (Phi) is 2.08. The number of H-pyrrole nitrogens is 1. The van der Waals surface area contributed by atoms with E-state index in [2.05, 4.69) is 11.1 Å². The van der Waals surface area contributed by atoms with E-state index < -0.39 is 0 Å². The number of nitrogens with one attached hydrogen (secondary N) is 1. The molecule has 0 aliphatic heterocycles. The third-order valence-electron chi connectivity index (χ3n) is 2.32. The molecule has 1 heterocycles. The molecule has 1 N–H and O–H groups in total. The Morgan fingerprint density at radius 1 is 1.36 bits per heavy atom. The first-order chi connectivity index (χ1) is 6.63. The van der Waals surface area contributed by atoms with E-state index >= 15 is 0 Å². The molecule has 2 nitrogen and oxygen atoms in total. The third kappa shape index (κ3) is 1.23. The zero-order valence-corrected chi connectivity index (χ0v) is 8.77. The number of aryl methyl sites for hydroxylation is 2. The largest absolute Gasteiger partial charge is 0.351 e. The van der Waals surface area contributed by atoms with E-state index in [1.807, 2.05) is 19.9 Å². The Balaban J connectivity index is 2.92. The standard InChI is InChI=1S/C11H10ClNO/c1-6-3-7(2)10-8(4-6)13-9(5-14)11(10)12/h3-5,13H,1-2H3. The summed E-state index contributed by atoms with van der Waals surface area (Å²) < 4.78 is 0. The number of hydrogen-bond acceptors (Lipinski definition) is 1. The lowest BCUT2D eigenvalue weighted by atomic mass is 10.1. The van der Waals surface area contributed by atoms with E-state index in [9.17, 15) is 4.79 Å². The first kappa shape index (κ1) is 9.28. The van der Waals surface area contributed by atoms with Gasteiger partial charge in [-0.25, -0.2) is 0 Å². The molecule has 2 aromatic rings. The predicted octanol–water partition coefficient (Wildman–Crippen LogP) is 3.25. The predicted molar refractivity (Wildman–Crippen MR) is 58.2 cm³/mol. The lowest BCUT2D eigenvalue weighted by Crippen LogP contribution is -1.78. The zero-order valence-electron chi connectivity index (χ0n) is 8.02. The maximum Gasteiger partial charge on any atom is 0.167 e. The highest BCUT2D eigenvalue weighted by atomic mass is 35.5. The molecule has 14 heavy (non-hydrogen) atoms. The van der Waals surface area contributed by atoms with Crippen molar-refractivity contribution >= 4 is 28.8 Å². The molecule has 0 amide bonds. The third-order valence-corrected chi connectivity index (χ3v) is 2.72. The molecule has 1 aromatic heterocycles. The van der Waals surface area contributed by atoms with Gasteiger partial charge in [-0.15, -0.1) is 0 Å². The summed E-state index contributed by atoms with van der Waals surface area (Å²) in [5.74, 6) is 0. The summed E-state index contributed by atoms with van der Waals surface area (Å²) in [6.07, 6.45) is 0.747. The van der Waals surface area contributed by atoms with Crippen LogP contribution >= 0.6 is 11.6 Å². The highest BCUT2D eigenvalue weighted by molar-refractivity contribution is 6.38. The Bertz CT molecular complexity index is 513. The van der Waals surface area contributed by atoms with Crippen LogP contribution in [0, 0.1) is 13.8 Å². The molecular weight excluding hydrogens is 198 g/mol. The van der Waals surface area contributed by atoms with Gasteiger partial charge in [0.2, 0.25) is 0 Å². The average molecular weight is 208 g/mol. The highest BCUT2D eigenvalue weighted by Crippen LogP contribution is 2.30. The summed E-state index contributed by atoms with van der Waals surface area (Å²) in [5.41, 5.74) is 3.63. The average Bonchev–Trinajstić information content (AvgIpc) is 2.42. The van der Waals surface area contributed by atoms with Gasteiger partial charge in [0, 0.05) is 10.9 Å². The summed E-state index contributed by atoms with van der Waals surface area (Å²) in [4.78, 5) is 13.7. The van der Waals surface area contributed by atoms with Crippen molar-refractivity contribution in [3.63, 3.8) is 0 Å². The van der Waals surface area contributed by atoms with Crippen molar-refractivity contribution in [2.24, 2.45) is 0 Å². The molecule has 3 heteroatoms. The molecule has 0 atom stereocenters. The van der Waals surface area contributed by atoms with E-state index in [1.165, 1.54) is 0 Å². The van der Waals surface area contributed by atoms with E-state index in [4.69, 9.17) is 11.6 Å².